The van der Waals surface area contributed by atoms with E-state index in [1.165, 1.54) is 19.5 Å². The predicted octanol–water partition coefficient (Wildman–Crippen LogP) is 2.52. The molecule has 41 heavy (non-hydrogen) atoms. The van der Waals surface area contributed by atoms with E-state index in [0.29, 0.717) is 29.0 Å². The normalized spacial score (nSPS) is 22.0. The Morgan fingerprint density at radius 1 is 1.20 bits per heavy atom. The van der Waals surface area contributed by atoms with Gasteiger partial charge in [-0.3, -0.25) is 0 Å². The van der Waals surface area contributed by atoms with Gasteiger partial charge in [0.15, 0.2) is 12.2 Å². The second-order valence-electron chi connectivity index (χ2n) is 10.3. The van der Waals surface area contributed by atoms with Crippen LogP contribution >= 0.6 is 0 Å². The zero-order valence-electron chi connectivity index (χ0n) is 23.3. The third-order valence-electron chi connectivity index (χ3n) is 6.93. The molecule has 4 heterocycles. The molecule has 1 fully saturated rings. The van der Waals surface area contributed by atoms with E-state index in [2.05, 4.69) is 15.1 Å². The van der Waals surface area contributed by atoms with Crippen LogP contribution < -0.4 is 15.1 Å². The van der Waals surface area contributed by atoms with E-state index in [-0.39, 0.29) is 17.9 Å². The van der Waals surface area contributed by atoms with Gasteiger partial charge in [0.1, 0.15) is 48.1 Å². The molecule has 0 spiro atoms. The largest absolute Gasteiger partial charge is 0.491 e. The van der Waals surface area contributed by atoms with E-state index >= 15 is 0 Å². The minimum Gasteiger partial charge on any atom is -0.491 e. The van der Waals surface area contributed by atoms with Gasteiger partial charge in [0.2, 0.25) is 6.29 Å². The molecule has 0 amide bonds. The van der Waals surface area contributed by atoms with Gasteiger partial charge < -0.3 is 38.2 Å². The standard InChI is InChI=1S/C28H32N4O9/c1-15-6-8-18(31-15)26(35)40-24-22(34)27(41-28(3,4)25(24)36-5)38-19-9-7-17-20(12-21(33)39-23(17)16(19)2)37-11-10-32-14-29-13-30-32/h6-9,12-14,22,24-25,27,31,34H,10-11H2,1-5H3/t22-,24+,25-,27-/m1/s1. The maximum Gasteiger partial charge on any atom is 0.355 e. The summed E-state index contributed by atoms with van der Waals surface area (Å²) in [5.74, 6) is -0.0163. The second kappa shape index (κ2) is 11.4. The molecule has 4 atom stereocenters. The fraction of sp³-hybridized carbons (Fsp3) is 0.429. The fourth-order valence-electron chi connectivity index (χ4n) is 4.90. The fourth-order valence-corrected chi connectivity index (χ4v) is 4.90. The van der Waals surface area contributed by atoms with Gasteiger partial charge in [0.05, 0.1) is 23.6 Å². The van der Waals surface area contributed by atoms with Crippen LogP contribution in [0.2, 0.25) is 0 Å². The van der Waals surface area contributed by atoms with Gasteiger partial charge in [-0.25, -0.2) is 19.3 Å². The predicted molar refractivity (Wildman–Crippen MR) is 144 cm³/mol. The lowest BCUT2D eigenvalue weighted by Gasteiger charge is -2.47. The van der Waals surface area contributed by atoms with Crippen LogP contribution in [0.15, 0.2) is 52.2 Å². The topological polar surface area (TPSA) is 160 Å². The molecular formula is C28H32N4O9. The molecule has 2 N–H and O–H groups in total. The van der Waals surface area contributed by atoms with Crippen molar-refractivity contribution in [3.05, 3.63) is 70.4 Å². The molecule has 0 unspecified atom stereocenters. The Morgan fingerprint density at radius 2 is 2.00 bits per heavy atom. The SMILES string of the molecule is CO[C@@H]1[C@@H](OC(=O)c2ccc(C)[nH]2)[C@@H](O)[C@H](Oc2ccc3c(OCCn4cncn4)cc(=O)oc3c2C)OC1(C)C. The Balaban J connectivity index is 1.39. The zero-order chi connectivity index (χ0) is 29.3. The van der Waals surface area contributed by atoms with Crippen molar-refractivity contribution in [1.82, 2.24) is 19.7 Å². The average molecular weight is 569 g/mol. The van der Waals surface area contributed by atoms with Crippen molar-refractivity contribution in [2.75, 3.05) is 13.7 Å². The van der Waals surface area contributed by atoms with Crippen molar-refractivity contribution in [3.8, 4) is 11.5 Å². The third-order valence-corrected chi connectivity index (χ3v) is 6.93. The van der Waals surface area contributed by atoms with Crippen molar-refractivity contribution in [1.29, 1.82) is 0 Å². The first-order valence-electron chi connectivity index (χ1n) is 13.0. The smallest absolute Gasteiger partial charge is 0.355 e. The number of aliphatic hydroxyl groups excluding tert-OH is 1. The summed E-state index contributed by atoms with van der Waals surface area (Å²) >= 11 is 0. The first-order chi connectivity index (χ1) is 19.6. The highest BCUT2D eigenvalue weighted by molar-refractivity contribution is 5.88. The van der Waals surface area contributed by atoms with E-state index in [9.17, 15) is 14.7 Å². The number of nitrogens with zero attached hydrogens (tertiary/aromatic N) is 3. The first kappa shape index (κ1) is 28.3. The van der Waals surface area contributed by atoms with Gasteiger partial charge in [0.25, 0.3) is 0 Å². The van der Waals surface area contributed by atoms with Crippen LogP contribution in [0.4, 0.5) is 0 Å². The van der Waals surface area contributed by atoms with Crippen LogP contribution in [-0.2, 0) is 20.8 Å². The van der Waals surface area contributed by atoms with E-state index in [1.807, 2.05) is 6.92 Å². The quantitative estimate of drug-likeness (QED) is 0.226. The molecule has 0 saturated carbocycles. The van der Waals surface area contributed by atoms with E-state index in [0.717, 1.165) is 5.69 Å². The number of aryl methyl sites for hydroxylation is 2. The van der Waals surface area contributed by atoms with Gasteiger partial charge in [-0.15, -0.1) is 0 Å². The van der Waals surface area contributed by atoms with E-state index < -0.39 is 41.8 Å². The highest BCUT2D eigenvalue weighted by Crippen LogP contribution is 2.37. The van der Waals surface area contributed by atoms with Gasteiger partial charge in [-0.2, -0.15) is 5.10 Å². The van der Waals surface area contributed by atoms with Crippen LogP contribution in [0, 0.1) is 13.8 Å². The van der Waals surface area contributed by atoms with Crippen LogP contribution in [-0.4, -0.2) is 74.7 Å². The number of ether oxygens (including phenoxy) is 5. The van der Waals surface area contributed by atoms with Gasteiger partial charge >= 0.3 is 11.6 Å². The first-order valence-corrected chi connectivity index (χ1v) is 13.0. The highest BCUT2D eigenvalue weighted by Gasteiger charge is 2.53. The molecule has 1 aromatic carbocycles. The van der Waals surface area contributed by atoms with Crippen LogP contribution in [0.1, 0.15) is 35.6 Å². The van der Waals surface area contributed by atoms with E-state index in [1.54, 1.807) is 56.0 Å². The Kier molecular flexibility index (Phi) is 7.84. The lowest BCUT2D eigenvalue weighted by Crippen LogP contribution is -2.65. The monoisotopic (exact) mass is 568 g/mol. The molecular weight excluding hydrogens is 536 g/mol. The Labute approximate surface area is 234 Å². The number of aromatic nitrogens is 4. The molecule has 3 aromatic heterocycles. The number of carbonyl (C=O) groups is 1. The van der Waals surface area contributed by atoms with E-state index in [4.69, 9.17) is 28.1 Å². The summed E-state index contributed by atoms with van der Waals surface area (Å²) < 4.78 is 36.5. The molecule has 1 saturated heterocycles. The molecule has 0 radical (unpaired) electrons. The molecule has 1 aliphatic rings. The Morgan fingerprint density at radius 3 is 2.68 bits per heavy atom. The number of hydrogen-bond donors (Lipinski definition) is 2. The lowest BCUT2D eigenvalue weighted by molar-refractivity contribution is -0.305. The summed E-state index contributed by atoms with van der Waals surface area (Å²) in [6.45, 7) is 7.71. The molecule has 0 aliphatic carbocycles. The summed E-state index contributed by atoms with van der Waals surface area (Å²) in [6.07, 6.45) is -1.58. The maximum atomic E-state index is 12.9. The van der Waals surface area contributed by atoms with Crippen molar-refractivity contribution in [2.45, 2.75) is 64.4 Å². The number of hydrogen-bond acceptors (Lipinski definition) is 11. The Bertz CT molecular complexity index is 1580. The molecule has 13 heteroatoms. The zero-order valence-corrected chi connectivity index (χ0v) is 23.3. The minimum atomic E-state index is -1.42. The summed E-state index contributed by atoms with van der Waals surface area (Å²) in [4.78, 5) is 32.0. The minimum absolute atomic E-state index is 0.242. The van der Waals surface area contributed by atoms with Crippen molar-refractivity contribution < 1.29 is 38.0 Å². The number of benzene rings is 1. The number of aromatic amines is 1. The molecule has 13 nitrogen and oxygen atoms in total. The lowest BCUT2D eigenvalue weighted by atomic mass is 9.89. The average Bonchev–Trinajstić information content (AvgIpc) is 3.60. The number of methoxy groups -OCH3 is 1. The number of esters is 1. The molecule has 1 aliphatic heterocycles. The molecule has 5 rings (SSSR count). The van der Waals surface area contributed by atoms with Gasteiger partial charge in [-0.1, -0.05) is 0 Å². The number of nitrogens with one attached hydrogen (secondary N) is 1. The van der Waals surface area contributed by atoms with Crippen LogP contribution in [0.5, 0.6) is 11.5 Å². The molecule has 0 bridgehead atoms. The number of rotatable bonds is 9. The van der Waals surface area contributed by atoms with Crippen LogP contribution in [0.3, 0.4) is 0 Å². The van der Waals surface area contributed by atoms with Crippen LogP contribution in [0.25, 0.3) is 11.0 Å². The Hall–Kier alpha value is -4.20. The van der Waals surface area contributed by atoms with Gasteiger partial charge in [0, 0.05) is 18.4 Å². The number of aliphatic hydroxyl groups is 1. The van der Waals surface area contributed by atoms with Crippen molar-refractivity contribution in [3.63, 3.8) is 0 Å². The number of fused-ring (bicyclic) bond motifs is 1. The maximum absolute atomic E-state index is 12.9. The number of carbonyl (C=O) groups excluding carboxylic acids is 1. The van der Waals surface area contributed by atoms with Crippen molar-refractivity contribution in [2.24, 2.45) is 0 Å². The summed E-state index contributed by atoms with van der Waals surface area (Å²) in [7, 11) is 1.45. The summed E-state index contributed by atoms with van der Waals surface area (Å²) in [6, 6.07) is 7.97. The molecule has 4 aromatic rings. The summed E-state index contributed by atoms with van der Waals surface area (Å²) in [5.41, 5.74) is 0.160. The number of H-pyrrole nitrogens is 1. The van der Waals surface area contributed by atoms with Gasteiger partial charge in [-0.05, 0) is 52.0 Å². The second-order valence-corrected chi connectivity index (χ2v) is 10.3. The third kappa shape index (κ3) is 5.82. The summed E-state index contributed by atoms with van der Waals surface area (Å²) in [5, 5.41) is 15.9. The van der Waals surface area contributed by atoms with Crippen molar-refractivity contribution >= 4 is 16.9 Å². The highest BCUT2D eigenvalue weighted by atomic mass is 16.7. The molecule has 218 valence electrons.